The monoisotopic (exact) mass is 585 g/mol. The molecule has 3 aromatic carbocycles. The minimum Gasteiger partial charge on any atom is -0.481 e. The van der Waals surface area contributed by atoms with Gasteiger partial charge in [0.05, 0.1) is 15.7 Å². The lowest BCUT2D eigenvalue weighted by molar-refractivity contribution is -0.122. The molecule has 0 aliphatic carbocycles. The molecule has 1 saturated heterocycles. The van der Waals surface area contributed by atoms with Gasteiger partial charge in [-0.15, -0.1) is 0 Å². The Kier molecular flexibility index (Phi) is 8.30. The number of nitrogens with zero attached hydrogens (tertiary/aromatic N) is 1. The van der Waals surface area contributed by atoms with Gasteiger partial charge in [-0.3, -0.25) is 19.7 Å². The molecular formula is C28H22Cl3N3O5. The average molecular weight is 587 g/mol. The first-order valence-electron chi connectivity index (χ1n) is 11.6. The SMILES string of the molecule is Cc1ccc(NC(=O)COc2c(Cl)cc(/C=C3/C(=O)NC(=O)N(c4cccc(Cl)c4C)C3=O)cc2Cl)c(C)c1. The highest BCUT2D eigenvalue weighted by atomic mass is 35.5. The third-order valence-electron chi connectivity index (χ3n) is 5.92. The molecule has 8 nitrogen and oxygen atoms in total. The van der Waals surface area contributed by atoms with Crippen molar-refractivity contribution < 1.29 is 23.9 Å². The summed E-state index contributed by atoms with van der Waals surface area (Å²) < 4.78 is 5.56. The molecule has 0 atom stereocenters. The van der Waals surface area contributed by atoms with Crippen molar-refractivity contribution in [3.8, 4) is 5.75 Å². The van der Waals surface area contributed by atoms with E-state index >= 15 is 0 Å². The number of ether oxygens (including phenoxy) is 1. The van der Waals surface area contributed by atoms with Crippen molar-refractivity contribution >= 4 is 76.0 Å². The van der Waals surface area contributed by atoms with Crippen LogP contribution in [0.25, 0.3) is 6.08 Å². The second kappa shape index (κ2) is 11.5. The van der Waals surface area contributed by atoms with Crippen molar-refractivity contribution in [1.82, 2.24) is 5.32 Å². The number of aryl methyl sites for hydroxylation is 2. The summed E-state index contributed by atoms with van der Waals surface area (Å²) in [4.78, 5) is 51.5. The largest absolute Gasteiger partial charge is 0.481 e. The first kappa shape index (κ1) is 28.2. The van der Waals surface area contributed by atoms with Gasteiger partial charge >= 0.3 is 6.03 Å². The fraction of sp³-hybridized carbons (Fsp3) is 0.143. The van der Waals surface area contributed by atoms with Gasteiger partial charge in [0.15, 0.2) is 12.4 Å². The molecule has 0 spiro atoms. The topological polar surface area (TPSA) is 105 Å². The Labute approximate surface area is 239 Å². The Morgan fingerprint density at radius 2 is 1.67 bits per heavy atom. The molecule has 1 heterocycles. The highest BCUT2D eigenvalue weighted by molar-refractivity contribution is 6.40. The van der Waals surface area contributed by atoms with Crippen molar-refractivity contribution in [1.29, 1.82) is 0 Å². The number of halogens is 3. The molecule has 1 aliphatic rings. The van der Waals surface area contributed by atoms with Crippen LogP contribution in [0, 0.1) is 20.8 Å². The molecule has 11 heteroatoms. The second-order valence-corrected chi connectivity index (χ2v) is 10.0. The third-order valence-corrected chi connectivity index (χ3v) is 6.89. The zero-order valence-electron chi connectivity index (χ0n) is 21.0. The van der Waals surface area contributed by atoms with E-state index in [1.54, 1.807) is 31.2 Å². The van der Waals surface area contributed by atoms with E-state index in [1.165, 1.54) is 18.2 Å². The molecule has 5 amide bonds. The van der Waals surface area contributed by atoms with Crippen LogP contribution in [0.2, 0.25) is 15.1 Å². The predicted molar refractivity (Wildman–Crippen MR) is 152 cm³/mol. The lowest BCUT2D eigenvalue weighted by atomic mass is 10.1. The van der Waals surface area contributed by atoms with Crippen LogP contribution in [0.15, 0.2) is 54.1 Å². The molecule has 0 unspecified atom stereocenters. The van der Waals surface area contributed by atoms with Crippen LogP contribution >= 0.6 is 34.8 Å². The maximum atomic E-state index is 13.2. The molecule has 0 bridgehead atoms. The maximum absolute atomic E-state index is 13.2. The van der Waals surface area contributed by atoms with Crippen LogP contribution < -0.4 is 20.3 Å². The quantitative estimate of drug-likeness (QED) is 0.262. The summed E-state index contributed by atoms with van der Waals surface area (Å²) in [7, 11) is 0. The predicted octanol–water partition coefficient (Wildman–Crippen LogP) is 6.26. The summed E-state index contributed by atoms with van der Waals surface area (Å²) in [6.07, 6.45) is 1.26. The molecule has 0 radical (unpaired) electrons. The number of urea groups is 1. The zero-order valence-corrected chi connectivity index (χ0v) is 23.3. The van der Waals surface area contributed by atoms with Gasteiger partial charge < -0.3 is 10.1 Å². The lowest BCUT2D eigenvalue weighted by Crippen LogP contribution is -2.54. The number of carbonyl (C=O) groups excluding carboxylic acids is 4. The van der Waals surface area contributed by atoms with Crippen molar-refractivity contribution in [3.05, 3.63) is 91.4 Å². The number of barbiturate groups is 1. The van der Waals surface area contributed by atoms with Gasteiger partial charge in [0.25, 0.3) is 17.7 Å². The average Bonchev–Trinajstić information content (AvgIpc) is 2.85. The van der Waals surface area contributed by atoms with Gasteiger partial charge in [0.2, 0.25) is 0 Å². The van der Waals surface area contributed by atoms with Gasteiger partial charge in [0, 0.05) is 10.7 Å². The lowest BCUT2D eigenvalue weighted by Gasteiger charge is -2.27. The minimum absolute atomic E-state index is 0.0518. The fourth-order valence-electron chi connectivity index (χ4n) is 3.96. The summed E-state index contributed by atoms with van der Waals surface area (Å²) in [5.41, 5.74) is 3.35. The number of anilines is 2. The molecule has 39 heavy (non-hydrogen) atoms. The van der Waals surface area contributed by atoms with Gasteiger partial charge in [-0.25, -0.2) is 9.69 Å². The smallest absolute Gasteiger partial charge is 0.335 e. The van der Waals surface area contributed by atoms with Gasteiger partial charge in [-0.05, 0) is 73.9 Å². The molecule has 1 aliphatic heterocycles. The Hall–Kier alpha value is -3.85. The molecule has 1 fully saturated rings. The second-order valence-electron chi connectivity index (χ2n) is 8.81. The van der Waals surface area contributed by atoms with Crippen LogP contribution in [0.1, 0.15) is 22.3 Å². The standard InChI is InChI=1S/C28H22Cl3N3O5/c1-14-7-8-22(15(2)9-14)32-24(35)13-39-25-20(30)11-17(12-21(25)31)10-18-26(36)33-28(38)34(27(18)37)23-6-4-5-19(29)16(23)3/h4-12H,13H2,1-3H3,(H,32,35)(H,33,36,38)/b18-10-. The highest BCUT2D eigenvalue weighted by Gasteiger charge is 2.37. The Balaban J connectivity index is 1.54. The summed E-state index contributed by atoms with van der Waals surface area (Å²) in [5, 5.41) is 5.38. The molecule has 3 aromatic rings. The van der Waals surface area contributed by atoms with E-state index in [2.05, 4.69) is 10.6 Å². The fourth-order valence-corrected chi connectivity index (χ4v) is 4.74. The van der Waals surface area contributed by atoms with E-state index in [0.29, 0.717) is 21.8 Å². The number of hydrogen-bond donors (Lipinski definition) is 2. The number of nitrogens with one attached hydrogen (secondary N) is 2. The van der Waals surface area contributed by atoms with Crippen molar-refractivity contribution in [3.63, 3.8) is 0 Å². The van der Waals surface area contributed by atoms with Crippen molar-refractivity contribution in [2.45, 2.75) is 20.8 Å². The van der Waals surface area contributed by atoms with Crippen LogP contribution in [-0.4, -0.2) is 30.4 Å². The summed E-state index contributed by atoms with van der Waals surface area (Å²) in [6, 6.07) is 12.3. The highest BCUT2D eigenvalue weighted by Crippen LogP contribution is 2.36. The van der Waals surface area contributed by atoms with E-state index < -0.39 is 23.8 Å². The van der Waals surface area contributed by atoms with E-state index in [1.807, 2.05) is 26.0 Å². The third kappa shape index (κ3) is 6.09. The molecule has 0 aromatic heterocycles. The maximum Gasteiger partial charge on any atom is 0.335 e. The van der Waals surface area contributed by atoms with Crippen LogP contribution in [0.3, 0.4) is 0 Å². The molecule has 4 rings (SSSR count). The molecule has 0 saturated carbocycles. The van der Waals surface area contributed by atoms with Gasteiger partial charge in [-0.2, -0.15) is 0 Å². The Bertz CT molecular complexity index is 1540. The summed E-state index contributed by atoms with van der Waals surface area (Å²) >= 11 is 18.9. The number of carbonyl (C=O) groups is 4. The van der Waals surface area contributed by atoms with E-state index in [9.17, 15) is 19.2 Å². The number of amides is 5. The van der Waals surface area contributed by atoms with E-state index in [-0.39, 0.29) is 33.7 Å². The molecular weight excluding hydrogens is 565 g/mol. The Morgan fingerprint density at radius 1 is 0.974 bits per heavy atom. The normalized spacial score (nSPS) is 14.5. The van der Waals surface area contributed by atoms with Crippen molar-refractivity contribution in [2.75, 3.05) is 16.8 Å². The van der Waals surface area contributed by atoms with Crippen LogP contribution in [0.4, 0.5) is 16.2 Å². The number of imide groups is 2. The van der Waals surface area contributed by atoms with Crippen LogP contribution in [-0.2, 0) is 14.4 Å². The van der Waals surface area contributed by atoms with Gasteiger partial charge in [0.1, 0.15) is 5.57 Å². The zero-order chi connectivity index (χ0) is 28.4. The number of benzene rings is 3. The van der Waals surface area contributed by atoms with E-state index in [4.69, 9.17) is 39.5 Å². The Morgan fingerprint density at radius 3 is 2.33 bits per heavy atom. The number of hydrogen-bond acceptors (Lipinski definition) is 5. The van der Waals surface area contributed by atoms with Crippen LogP contribution in [0.5, 0.6) is 5.75 Å². The summed E-state index contributed by atoms with van der Waals surface area (Å²) in [5.74, 6) is -2.07. The first-order chi connectivity index (χ1) is 18.5. The van der Waals surface area contributed by atoms with E-state index in [0.717, 1.165) is 16.0 Å². The van der Waals surface area contributed by atoms with Crippen molar-refractivity contribution in [2.24, 2.45) is 0 Å². The minimum atomic E-state index is -0.897. The first-order valence-corrected chi connectivity index (χ1v) is 12.7. The molecule has 200 valence electrons. The molecule has 2 N–H and O–H groups in total. The number of rotatable bonds is 6. The summed E-state index contributed by atoms with van der Waals surface area (Å²) in [6.45, 7) is 5.13. The van der Waals surface area contributed by atoms with Gasteiger partial charge in [-0.1, -0.05) is 58.6 Å².